The van der Waals surface area contributed by atoms with E-state index in [9.17, 15) is 4.79 Å². The van der Waals surface area contributed by atoms with Crippen LogP contribution < -0.4 is 5.32 Å². The van der Waals surface area contributed by atoms with Crippen LogP contribution in [0.5, 0.6) is 0 Å². The lowest BCUT2D eigenvalue weighted by Crippen LogP contribution is -2.11. The number of benzene rings is 1. The van der Waals surface area contributed by atoms with Crippen molar-refractivity contribution in [2.75, 3.05) is 5.32 Å². The van der Waals surface area contributed by atoms with Crippen molar-refractivity contribution in [3.8, 4) is 0 Å². The predicted octanol–water partition coefficient (Wildman–Crippen LogP) is 4.52. The van der Waals surface area contributed by atoms with Gasteiger partial charge in [0.15, 0.2) is 5.13 Å². The number of nitrogens with zero attached hydrogens (tertiary/aromatic N) is 1. The molecule has 1 N–H and O–H groups in total. The molecule has 4 nitrogen and oxygen atoms in total. The number of nitrogens with one attached hydrogen (secondary N) is 1. The van der Waals surface area contributed by atoms with Crippen LogP contribution >= 0.6 is 11.3 Å². The molecule has 0 radical (unpaired) electrons. The number of amides is 1. The Morgan fingerprint density at radius 1 is 1.17 bits per heavy atom. The van der Waals surface area contributed by atoms with E-state index in [1.54, 1.807) is 11.3 Å². The van der Waals surface area contributed by atoms with Crippen LogP contribution in [-0.4, -0.2) is 10.9 Å². The molecule has 2 aromatic heterocycles. The lowest BCUT2D eigenvalue weighted by Gasteiger charge is -2.00. The topological polar surface area (TPSA) is 55.1 Å². The monoisotopic (exact) mass is 340 g/mol. The smallest absolute Gasteiger partial charge is 0.226 e. The Morgan fingerprint density at radius 2 is 1.96 bits per heavy atom. The first-order chi connectivity index (χ1) is 11.6. The van der Waals surface area contributed by atoms with E-state index in [-0.39, 0.29) is 5.91 Å². The maximum Gasteiger partial charge on any atom is 0.226 e. The van der Waals surface area contributed by atoms with Crippen molar-refractivity contribution in [1.29, 1.82) is 0 Å². The number of hydrogen-bond acceptors (Lipinski definition) is 4. The van der Waals surface area contributed by atoms with Gasteiger partial charge in [-0.15, -0.1) is 11.3 Å². The molecule has 3 rings (SSSR count). The molecule has 0 bridgehead atoms. The minimum absolute atomic E-state index is 0.0379. The highest BCUT2D eigenvalue weighted by Gasteiger charge is 2.11. The summed E-state index contributed by atoms with van der Waals surface area (Å²) in [6, 6.07) is 14.1. The predicted molar refractivity (Wildman–Crippen MR) is 96.5 cm³/mol. The summed E-state index contributed by atoms with van der Waals surface area (Å²) in [5, 5.41) is 3.56. The Hall–Kier alpha value is -2.40. The maximum atomic E-state index is 12.1. The van der Waals surface area contributed by atoms with Crippen molar-refractivity contribution >= 4 is 22.4 Å². The highest BCUT2D eigenvalue weighted by atomic mass is 32.1. The Bertz CT molecular complexity index is 821. The van der Waals surface area contributed by atoms with Gasteiger partial charge in [0.05, 0.1) is 5.69 Å². The molecule has 5 heteroatoms. The zero-order chi connectivity index (χ0) is 16.9. The van der Waals surface area contributed by atoms with Crippen LogP contribution in [0, 0.1) is 13.8 Å². The van der Waals surface area contributed by atoms with Crippen LogP contribution in [0.25, 0.3) is 0 Å². The summed E-state index contributed by atoms with van der Waals surface area (Å²) < 4.78 is 5.48. The minimum atomic E-state index is -0.0379. The van der Waals surface area contributed by atoms with E-state index in [4.69, 9.17) is 4.42 Å². The van der Waals surface area contributed by atoms with Gasteiger partial charge in [0, 0.05) is 24.1 Å². The quantitative estimate of drug-likeness (QED) is 0.718. The van der Waals surface area contributed by atoms with Crippen molar-refractivity contribution in [3.63, 3.8) is 0 Å². The zero-order valence-electron chi connectivity index (χ0n) is 13.8. The number of rotatable bonds is 6. The lowest BCUT2D eigenvalue weighted by molar-refractivity contribution is -0.116. The van der Waals surface area contributed by atoms with E-state index in [0.717, 1.165) is 23.6 Å². The van der Waals surface area contributed by atoms with E-state index in [0.29, 0.717) is 18.0 Å². The fraction of sp³-hybridized carbons (Fsp3) is 0.263. The molecule has 0 atom stereocenters. The Kier molecular flexibility index (Phi) is 5.11. The number of aryl methyl sites for hydroxylation is 3. The average molecular weight is 340 g/mol. The van der Waals surface area contributed by atoms with Crippen LogP contribution in [-0.2, 0) is 17.6 Å². The molecule has 24 heavy (non-hydrogen) atoms. The normalized spacial score (nSPS) is 10.8. The number of anilines is 1. The number of carbonyl (C=O) groups excluding carboxylic acids is 1. The fourth-order valence-corrected chi connectivity index (χ4v) is 3.48. The van der Waals surface area contributed by atoms with Gasteiger partial charge < -0.3 is 9.73 Å². The van der Waals surface area contributed by atoms with E-state index in [1.807, 2.05) is 44.2 Å². The van der Waals surface area contributed by atoms with Crippen molar-refractivity contribution < 1.29 is 9.21 Å². The van der Waals surface area contributed by atoms with E-state index in [1.165, 1.54) is 10.4 Å². The second-order valence-electron chi connectivity index (χ2n) is 5.75. The number of furan rings is 1. The zero-order valence-corrected chi connectivity index (χ0v) is 14.7. The van der Waals surface area contributed by atoms with E-state index < -0.39 is 0 Å². The van der Waals surface area contributed by atoms with Crippen molar-refractivity contribution in [3.05, 3.63) is 70.1 Å². The van der Waals surface area contributed by atoms with E-state index in [2.05, 4.69) is 22.4 Å². The number of hydrogen-bond donors (Lipinski definition) is 1. The van der Waals surface area contributed by atoms with Gasteiger partial charge in [0.2, 0.25) is 5.91 Å². The highest BCUT2D eigenvalue weighted by Crippen LogP contribution is 2.25. The molecule has 1 aromatic carbocycles. The van der Waals surface area contributed by atoms with Crippen molar-refractivity contribution in [2.24, 2.45) is 0 Å². The van der Waals surface area contributed by atoms with Gasteiger partial charge in [-0.1, -0.05) is 30.3 Å². The molecule has 1 amide bonds. The summed E-state index contributed by atoms with van der Waals surface area (Å²) in [5.74, 6) is 1.67. The van der Waals surface area contributed by atoms with Crippen LogP contribution in [0.4, 0.5) is 5.13 Å². The first-order valence-corrected chi connectivity index (χ1v) is 8.77. The molecule has 0 unspecified atom stereocenters. The Balaban J connectivity index is 1.57. The van der Waals surface area contributed by atoms with Crippen LogP contribution in [0.2, 0.25) is 0 Å². The van der Waals surface area contributed by atoms with Crippen molar-refractivity contribution in [1.82, 2.24) is 4.98 Å². The summed E-state index contributed by atoms with van der Waals surface area (Å²) >= 11 is 1.54. The summed E-state index contributed by atoms with van der Waals surface area (Å²) in [4.78, 5) is 17.7. The van der Waals surface area contributed by atoms with Gasteiger partial charge >= 0.3 is 0 Å². The SMILES string of the molecule is Cc1ccc(CCC(=O)Nc2nc(C)c(Cc3ccccc3)s2)o1. The van der Waals surface area contributed by atoms with Gasteiger partial charge in [0.25, 0.3) is 0 Å². The largest absolute Gasteiger partial charge is 0.466 e. The van der Waals surface area contributed by atoms with Crippen LogP contribution in [0.15, 0.2) is 46.9 Å². The average Bonchev–Trinajstić information content (AvgIpc) is 3.12. The molecule has 0 saturated carbocycles. The third kappa shape index (κ3) is 4.32. The van der Waals surface area contributed by atoms with Gasteiger partial charge in [-0.05, 0) is 31.5 Å². The van der Waals surface area contributed by atoms with Crippen LogP contribution in [0.1, 0.15) is 34.1 Å². The molecule has 2 heterocycles. The van der Waals surface area contributed by atoms with Crippen LogP contribution in [0.3, 0.4) is 0 Å². The summed E-state index contributed by atoms with van der Waals surface area (Å²) in [7, 11) is 0. The number of carbonyl (C=O) groups is 1. The van der Waals surface area contributed by atoms with Gasteiger partial charge in [-0.3, -0.25) is 4.79 Å². The summed E-state index contributed by atoms with van der Waals surface area (Å²) in [6.07, 6.45) is 1.83. The highest BCUT2D eigenvalue weighted by molar-refractivity contribution is 7.15. The summed E-state index contributed by atoms with van der Waals surface area (Å²) in [6.45, 7) is 3.88. The van der Waals surface area contributed by atoms with Gasteiger partial charge in [-0.25, -0.2) is 4.98 Å². The minimum Gasteiger partial charge on any atom is -0.466 e. The van der Waals surface area contributed by atoms with Gasteiger partial charge in [-0.2, -0.15) is 0 Å². The molecule has 0 aliphatic heterocycles. The molecule has 0 aliphatic carbocycles. The Labute approximate surface area is 145 Å². The standard InChI is InChI=1S/C19H20N2O2S/c1-13-8-9-16(23-13)10-11-18(22)21-19-20-14(2)17(24-19)12-15-6-4-3-5-7-15/h3-9H,10-12H2,1-2H3,(H,20,21,22). The summed E-state index contributed by atoms with van der Waals surface area (Å²) in [5.41, 5.74) is 2.22. The lowest BCUT2D eigenvalue weighted by atomic mass is 10.1. The van der Waals surface area contributed by atoms with Gasteiger partial charge in [0.1, 0.15) is 11.5 Å². The molecule has 0 aliphatic rings. The second kappa shape index (κ2) is 7.45. The third-order valence-electron chi connectivity index (χ3n) is 3.74. The Morgan fingerprint density at radius 3 is 2.67 bits per heavy atom. The molecular formula is C19H20N2O2S. The molecule has 124 valence electrons. The third-order valence-corrected chi connectivity index (χ3v) is 4.81. The molecule has 0 saturated heterocycles. The number of aromatic nitrogens is 1. The first kappa shape index (κ1) is 16.5. The van der Waals surface area contributed by atoms with E-state index >= 15 is 0 Å². The molecule has 0 fully saturated rings. The maximum absolute atomic E-state index is 12.1. The fourth-order valence-electron chi connectivity index (χ4n) is 2.46. The van der Waals surface area contributed by atoms with Crippen molar-refractivity contribution in [2.45, 2.75) is 33.1 Å². The second-order valence-corrected chi connectivity index (χ2v) is 6.83. The number of thiazole rings is 1. The molecule has 3 aromatic rings. The molecule has 0 spiro atoms. The first-order valence-electron chi connectivity index (χ1n) is 7.95. The molecular weight excluding hydrogens is 320 g/mol.